The van der Waals surface area contributed by atoms with Crippen molar-refractivity contribution in [2.75, 3.05) is 25.1 Å². The quantitative estimate of drug-likeness (QED) is 0.295. The van der Waals surface area contributed by atoms with Gasteiger partial charge < -0.3 is 19.5 Å². The molecule has 0 atom stereocenters. The molecule has 0 spiro atoms. The van der Waals surface area contributed by atoms with Gasteiger partial charge in [0.1, 0.15) is 30.5 Å². The van der Waals surface area contributed by atoms with Crippen LogP contribution in [0.1, 0.15) is 38.2 Å². The van der Waals surface area contributed by atoms with Crippen LogP contribution in [0.4, 0.5) is 5.69 Å². The number of hydrogen-bond donors (Lipinski definition) is 1. The van der Waals surface area contributed by atoms with Gasteiger partial charge in [0.15, 0.2) is 0 Å². The number of benzene rings is 3. The van der Waals surface area contributed by atoms with Crippen LogP contribution >= 0.6 is 0 Å². The standard InChI is InChI=1S/C27H33NO3/c1-2-3-4-10-19-31-27-14-9-8-11-23(27)22-28-24-15-17-26(18-16-24)30-21-20-29-25-12-6-5-7-13-25/h5-9,11-18,28H,2-4,10,19-22H2,1H3. The van der Waals surface area contributed by atoms with Crippen LogP contribution in [0.5, 0.6) is 17.2 Å². The van der Waals surface area contributed by atoms with Crippen LogP contribution < -0.4 is 19.5 Å². The number of para-hydroxylation sites is 2. The summed E-state index contributed by atoms with van der Waals surface area (Å²) in [5.41, 5.74) is 2.21. The molecule has 164 valence electrons. The molecule has 31 heavy (non-hydrogen) atoms. The number of hydrogen-bond acceptors (Lipinski definition) is 4. The summed E-state index contributed by atoms with van der Waals surface area (Å²) < 4.78 is 17.4. The van der Waals surface area contributed by atoms with Crippen LogP contribution in [0.15, 0.2) is 78.9 Å². The van der Waals surface area contributed by atoms with E-state index in [-0.39, 0.29) is 0 Å². The summed E-state index contributed by atoms with van der Waals surface area (Å²) in [6.07, 6.45) is 4.84. The topological polar surface area (TPSA) is 39.7 Å². The summed E-state index contributed by atoms with van der Waals surface area (Å²) in [7, 11) is 0. The van der Waals surface area contributed by atoms with Gasteiger partial charge in [0, 0.05) is 17.8 Å². The molecule has 0 saturated carbocycles. The Morgan fingerprint density at radius 2 is 1.29 bits per heavy atom. The molecule has 3 aromatic carbocycles. The van der Waals surface area contributed by atoms with E-state index in [0.717, 1.165) is 48.1 Å². The Balaban J connectivity index is 1.40. The second kappa shape index (κ2) is 13.2. The predicted octanol–water partition coefficient (Wildman–Crippen LogP) is 6.72. The van der Waals surface area contributed by atoms with Crippen molar-refractivity contribution in [3.8, 4) is 17.2 Å². The van der Waals surface area contributed by atoms with Crippen LogP contribution in [0.25, 0.3) is 0 Å². The van der Waals surface area contributed by atoms with Crippen LogP contribution in [-0.4, -0.2) is 19.8 Å². The molecular weight excluding hydrogens is 386 g/mol. The van der Waals surface area contributed by atoms with E-state index in [1.54, 1.807) is 0 Å². The minimum absolute atomic E-state index is 0.505. The molecule has 0 aliphatic heterocycles. The van der Waals surface area contributed by atoms with Gasteiger partial charge >= 0.3 is 0 Å². The Kier molecular flexibility index (Phi) is 9.61. The maximum absolute atomic E-state index is 6.01. The summed E-state index contributed by atoms with van der Waals surface area (Å²) in [4.78, 5) is 0. The fourth-order valence-corrected chi connectivity index (χ4v) is 3.20. The largest absolute Gasteiger partial charge is 0.493 e. The van der Waals surface area contributed by atoms with Crippen molar-refractivity contribution in [3.63, 3.8) is 0 Å². The van der Waals surface area contributed by atoms with E-state index in [9.17, 15) is 0 Å². The molecule has 1 N–H and O–H groups in total. The minimum Gasteiger partial charge on any atom is -0.493 e. The molecule has 0 amide bonds. The van der Waals surface area contributed by atoms with Crippen molar-refractivity contribution in [3.05, 3.63) is 84.4 Å². The lowest BCUT2D eigenvalue weighted by Gasteiger charge is -2.13. The van der Waals surface area contributed by atoms with Gasteiger partial charge in [-0.05, 0) is 48.9 Å². The molecule has 3 aromatic rings. The van der Waals surface area contributed by atoms with E-state index in [4.69, 9.17) is 14.2 Å². The first-order valence-electron chi connectivity index (χ1n) is 11.2. The molecule has 0 aromatic heterocycles. The zero-order valence-electron chi connectivity index (χ0n) is 18.4. The Bertz CT molecular complexity index is 865. The van der Waals surface area contributed by atoms with Crippen LogP contribution in [0.2, 0.25) is 0 Å². The van der Waals surface area contributed by atoms with E-state index in [1.165, 1.54) is 19.3 Å². The number of ether oxygens (including phenoxy) is 3. The Hall–Kier alpha value is -3.14. The van der Waals surface area contributed by atoms with Gasteiger partial charge in [0.05, 0.1) is 6.61 Å². The molecule has 0 fully saturated rings. The summed E-state index contributed by atoms with van der Waals surface area (Å²) in [5, 5.41) is 3.47. The second-order valence-electron chi connectivity index (χ2n) is 7.40. The molecule has 0 saturated heterocycles. The number of unbranched alkanes of at least 4 members (excludes halogenated alkanes) is 3. The summed E-state index contributed by atoms with van der Waals surface area (Å²) >= 11 is 0. The van der Waals surface area contributed by atoms with Crippen molar-refractivity contribution in [1.82, 2.24) is 0 Å². The molecule has 0 radical (unpaired) electrons. The normalized spacial score (nSPS) is 10.5. The van der Waals surface area contributed by atoms with E-state index in [0.29, 0.717) is 13.2 Å². The first-order chi connectivity index (χ1) is 15.3. The lowest BCUT2D eigenvalue weighted by atomic mass is 10.2. The lowest BCUT2D eigenvalue weighted by molar-refractivity contribution is 0.217. The minimum atomic E-state index is 0.505. The summed E-state index contributed by atoms with van der Waals surface area (Å²) in [6, 6.07) is 26.0. The summed E-state index contributed by atoms with van der Waals surface area (Å²) in [6.45, 7) is 4.73. The van der Waals surface area contributed by atoms with Crippen molar-refractivity contribution in [1.29, 1.82) is 0 Å². The number of rotatable bonds is 14. The Morgan fingerprint density at radius 3 is 2.03 bits per heavy atom. The second-order valence-corrected chi connectivity index (χ2v) is 7.40. The molecule has 0 aliphatic rings. The SMILES string of the molecule is CCCCCCOc1ccccc1CNc1ccc(OCCOc2ccccc2)cc1. The van der Waals surface area contributed by atoms with Crippen molar-refractivity contribution in [2.45, 2.75) is 39.2 Å². The Morgan fingerprint density at radius 1 is 0.613 bits per heavy atom. The van der Waals surface area contributed by atoms with Crippen LogP contribution in [0, 0.1) is 0 Å². The fourth-order valence-electron chi connectivity index (χ4n) is 3.20. The van der Waals surface area contributed by atoms with Crippen molar-refractivity contribution in [2.24, 2.45) is 0 Å². The van der Waals surface area contributed by atoms with Crippen LogP contribution in [-0.2, 0) is 6.54 Å². The predicted molar refractivity (Wildman–Crippen MR) is 127 cm³/mol. The van der Waals surface area contributed by atoms with Gasteiger partial charge in [0.25, 0.3) is 0 Å². The average molecular weight is 420 g/mol. The molecule has 0 bridgehead atoms. The van der Waals surface area contributed by atoms with Crippen molar-refractivity contribution < 1.29 is 14.2 Å². The van der Waals surface area contributed by atoms with Gasteiger partial charge in [-0.2, -0.15) is 0 Å². The van der Waals surface area contributed by atoms with Gasteiger partial charge in [-0.15, -0.1) is 0 Å². The highest BCUT2D eigenvalue weighted by Crippen LogP contribution is 2.21. The van der Waals surface area contributed by atoms with E-state index < -0.39 is 0 Å². The van der Waals surface area contributed by atoms with E-state index in [2.05, 4.69) is 24.4 Å². The third-order valence-corrected chi connectivity index (χ3v) is 4.93. The zero-order chi connectivity index (χ0) is 21.6. The van der Waals surface area contributed by atoms with Gasteiger partial charge in [-0.1, -0.05) is 62.6 Å². The highest BCUT2D eigenvalue weighted by molar-refractivity contribution is 5.48. The Labute approximate surface area is 186 Å². The van der Waals surface area contributed by atoms with Gasteiger partial charge in [-0.25, -0.2) is 0 Å². The lowest BCUT2D eigenvalue weighted by Crippen LogP contribution is -2.09. The molecule has 3 rings (SSSR count). The fraction of sp³-hybridized carbons (Fsp3) is 0.333. The van der Waals surface area contributed by atoms with Crippen LogP contribution in [0.3, 0.4) is 0 Å². The van der Waals surface area contributed by atoms with E-state index >= 15 is 0 Å². The van der Waals surface area contributed by atoms with Gasteiger partial charge in [-0.3, -0.25) is 0 Å². The monoisotopic (exact) mass is 419 g/mol. The third kappa shape index (κ3) is 8.25. The molecule has 4 nitrogen and oxygen atoms in total. The highest BCUT2D eigenvalue weighted by Gasteiger charge is 2.04. The number of nitrogens with one attached hydrogen (secondary N) is 1. The molecule has 0 heterocycles. The zero-order valence-corrected chi connectivity index (χ0v) is 18.4. The smallest absolute Gasteiger partial charge is 0.124 e. The van der Waals surface area contributed by atoms with E-state index in [1.807, 2.05) is 66.7 Å². The average Bonchev–Trinajstić information content (AvgIpc) is 2.82. The first-order valence-corrected chi connectivity index (χ1v) is 11.2. The molecule has 0 unspecified atom stereocenters. The third-order valence-electron chi connectivity index (χ3n) is 4.93. The molecule has 0 aliphatic carbocycles. The maximum Gasteiger partial charge on any atom is 0.124 e. The van der Waals surface area contributed by atoms with Gasteiger partial charge in [0.2, 0.25) is 0 Å². The van der Waals surface area contributed by atoms with Crippen molar-refractivity contribution >= 4 is 5.69 Å². The first kappa shape index (κ1) is 22.5. The number of anilines is 1. The summed E-state index contributed by atoms with van der Waals surface area (Å²) in [5.74, 6) is 2.65. The maximum atomic E-state index is 6.01. The molecule has 4 heteroatoms. The molecular formula is C27H33NO3. The highest BCUT2D eigenvalue weighted by atomic mass is 16.5.